The molecule has 0 aliphatic carbocycles. The molecule has 2 aromatic rings. The molecule has 0 radical (unpaired) electrons. The highest BCUT2D eigenvalue weighted by molar-refractivity contribution is 9.10. The van der Waals surface area contributed by atoms with Crippen LogP contribution in [0.1, 0.15) is 41.7 Å². The first kappa shape index (κ1) is 18.3. The van der Waals surface area contributed by atoms with Crippen molar-refractivity contribution in [3.8, 4) is 0 Å². The van der Waals surface area contributed by atoms with Crippen molar-refractivity contribution in [2.45, 2.75) is 25.8 Å². The van der Waals surface area contributed by atoms with Crippen LogP contribution in [0.25, 0.3) is 0 Å². The molecule has 1 amide bonds. The predicted octanol–water partition coefficient (Wildman–Crippen LogP) is 4.57. The first-order chi connectivity index (χ1) is 11.4. The normalized spacial score (nSPS) is 11.8. The number of carbonyl (C=O) groups excluding carboxylic acids is 2. The van der Waals surface area contributed by atoms with Gasteiger partial charge in [-0.2, -0.15) is 0 Å². The lowest BCUT2D eigenvalue weighted by Gasteiger charge is -2.18. The second-order valence-corrected chi connectivity index (χ2v) is 6.28. The van der Waals surface area contributed by atoms with Crippen molar-refractivity contribution in [2.75, 3.05) is 0 Å². The van der Waals surface area contributed by atoms with Gasteiger partial charge in [0.15, 0.2) is 5.78 Å². The molecule has 24 heavy (non-hydrogen) atoms. The maximum absolute atomic E-state index is 13.7. The minimum atomic E-state index is -0.875. The van der Waals surface area contributed by atoms with Gasteiger partial charge in [-0.15, -0.1) is 0 Å². The van der Waals surface area contributed by atoms with Crippen LogP contribution in [0.4, 0.5) is 8.78 Å². The molecular formula is C18H16BrF2NO2. The lowest BCUT2D eigenvalue weighted by Crippen LogP contribution is -2.26. The third kappa shape index (κ3) is 4.71. The van der Waals surface area contributed by atoms with E-state index in [0.717, 1.165) is 22.2 Å². The summed E-state index contributed by atoms with van der Waals surface area (Å²) < 4.78 is 28.2. The van der Waals surface area contributed by atoms with Gasteiger partial charge < -0.3 is 5.32 Å². The first-order valence-electron chi connectivity index (χ1n) is 7.38. The number of benzene rings is 2. The monoisotopic (exact) mass is 395 g/mol. The van der Waals surface area contributed by atoms with E-state index < -0.39 is 29.0 Å². The lowest BCUT2D eigenvalue weighted by molar-refractivity contribution is -0.119. The third-order valence-corrected chi connectivity index (χ3v) is 4.08. The van der Waals surface area contributed by atoms with Crippen LogP contribution in [0, 0.1) is 11.6 Å². The molecule has 0 heterocycles. The molecule has 0 aromatic heterocycles. The second kappa shape index (κ2) is 8.15. The smallest absolute Gasteiger partial charge is 0.217 e. The number of amides is 1. The van der Waals surface area contributed by atoms with E-state index in [1.165, 1.54) is 13.0 Å². The van der Waals surface area contributed by atoms with Crippen LogP contribution >= 0.6 is 15.9 Å². The molecule has 6 heteroatoms. The topological polar surface area (TPSA) is 46.2 Å². The maximum atomic E-state index is 13.7. The van der Waals surface area contributed by atoms with Gasteiger partial charge in [0.05, 0.1) is 11.6 Å². The van der Waals surface area contributed by atoms with E-state index in [-0.39, 0.29) is 18.7 Å². The van der Waals surface area contributed by atoms with Crippen molar-refractivity contribution >= 4 is 27.6 Å². The van der Waals surface area contributed by atoms with Crippen LogP contribution in [0.15, 0.2) is 46.9 Å². The van der Waals surface area contributed by atoms with Crippen molar-refractivity contribution in [1.82, 2.24) is 5.32 Å². The van der Waals surface area contributed by atoms with E-state index in [4.69, 9.17) is 0 Å². The molecule has 0 aliphatic heterocycles. The van der Waals surface area contributed by atoms with Gasteiger partial charge >= 0.3 is 0 Å². The summed E-state index contributed by atoms with van der Waals surface area (Å²) in [4.78, 5) is 23.6. The van der Waals surface area contributed by atoms with Crippen LogP contribution in [0.2, 0.25) is 0 Å². The fraction of sp³-hybridized carbons (Fsp3) is 0.222. The Bertz CT molecular complexity index is 727. The van der Waals surface area contributed by atoms with Gasteiger partial charge in [-0.05, 0) is 36.2 Å². The summed E-state index contributed by atoms with van der Waals surface area (Å²) in [6, 6.07) is 10.2. The van der Waals surface area contributed by atoms with Gasteiger partial charge in [0.2, 0.25) is 5.91 Å². The Kier molecular flexibility index (Phi) is 6.20. The number of hydrogen-bond acceptors (Lipinski definition) is 2. The van der Waals surface area contributed by atoms with E-state index >= 15 is 0 Å². The molecule has 0 bridgehead atoms. The zero-order valence-electron chi connectivity index (χ0n) is 13.0. The molecule has 0 fully saturated rings. The summed E-state index contributed by atoms with van der Waals surface area (Å²) in [6.07, 6.45) is 0.159. The SMILES string of the molecule is CC(=O)N[C@H](CCC(=O)c1c(F)cccc1F)c1ccc(Br)cc1. The molecule has 2 rings (SSSR count). The average Bonchev–Trinajstić information content (AvgIpc) is 2.52. The molecule has 0 saturated heterocycles. The highest BCUT2D eigenvalue weighted by atomic mass is 79.9. The van der Waals surface area contributed by atoms with E-state index in [1.807, 2.05) is 24.3 Å². The predicted molar refractivity (Wildman–Crippen MR) is 90.6 cm³/mol. The molecular weight excluding hydrogens is 380 g/mol. The zero-order chi connectivity index (χ0) is 17.7. The highest BCUT2D eigenvalue weighted by Crippen LogP contribution is 2.23. The Labute approximate surface area is 147 Å². The van der Waals surface area contributed by atoms with E-state index in [0.29, 0.717) is 0 Å². The van der Waals surface area contributed by atoms with Gasteiger partial charge in [-0.25, -0.2) is 8.78 Å². The number of rotatable bonds is 6. The zero-order valence-corrected chi connectivity index (χ0v) is 14.6. The van der Waals surface area contributed by atoms with E-state index in [1.54, 1.807) is 0 Å². The number of halogens is 3. The molecule has 1 atom stereocenters. The van der Waals surface area contributed by atoms with E-state index in [9.17, 15) is 18.4 Å². The Morgan fingerprint density at radius 3 is 2.21 bits per heavy atom. The molecule has 1 N–H and O–H groups in total. The number of Topliss-reactive ketones (excluding diaryl/α,β-unsaturated/α-hetero) is 1. The average molecular weight is 396 g/mol. The number of nitrogens with one attached hydrogen (secondary N) is 1. The molecule has 126 valence electrons. The Hall–Kier alpha value is -2.08. The molecule has 3 nitrogen and oxygen atoms in total. The highest BCUT2D eigenvalue weighted by Gasteiger charge is 2.20. The molecule has 0 unspecified atom stereocenters. The quantitative estimate of drug-likeness (QED) is 0.728. The van der Waals surface area contributed by atoms with Gasteiger partial charge in [0.25, 0.3) is 0 Å². The second-order valence-electron chi connectivity index (χ2n) is 5.36. The van der Waals surface area contributed by atoms with Crippen molar-refractivity contribution in [1.29, 1.82) is 0 Å². The van der Waals surface area contributed by atoms with Gasteiger partial charge in [0.1, 0.15) is 11.6 Å². The van der Waals surface area contributed by atoms with Crippen molar-refractivity contribution in [3.05, 3.63) is 69.7 Å². The Balaban J connectivity index is 2.14. The maximum Gasteiger partial charge on any atom is 0.217 e. The molecule has 0 saturated carbocycles. The van der Waals surface area contributed by atoms with Crippen LogP contribution in [-0.2, 0) is 4.79 Å². The number of hydrogen-bond donors (Lipinski definition) is 1. The standard InChI is InChI=1S/C18H16BrF2NO2/c1-11(23)22-16(12-5-7-13(19)8-6-12)9-10-17(24)18-14(20)3-2-4-15(18)21/h2-8,16H,9-10H2,1H3,(H,22,23)/t16-/m1/s1. The fourth-order valence-corrected chi connectivity index (χ4v) is 2.69. The van der Waals surface area contributed by atoms with Crippen LogP contribution in [0.5, 0.6) is 0 Å². The summed E-state index contributed by atoms with van der Waals surface area (Å²) in [5, 5.41) is 2.76. The van der Waals surface area contributed by atoms with Gasteiger partial charge in [0, 0.05) is 17.8 Å². The molecule has 0 spiro atoms. The lowest BCUT2D eigenvalue weighted by atomic mass is 9.97. The Morgan fingerprint density at radius 2 is 1.67 bits per heavy atom. The minimum absolute atomic E-state index is 0.0845. The molecule has 0 aliphatic rings. The summed E-state index contributed by atoms with van der Waals surface area (Å²) in [6.45, 7) is 1.38. The first-order valence-corrected chi connectivity index (χ1v) is 8.17. The van der Waals surface area contributed by atoms with Crippen LogP contribution in [-0.4, -0.2) is 11.7 Å². The summed E-state index contributed by atoms with van der Waals surface area (Å²) in [7, 11) is 0. The van der Waals surface area contributed by atoms with Crippen molar-refractivity contribution < 1.29 is 18.4 Å². The largest absolute Gasteiger partial charge is 0.350 e. The van der Waals surface area contributed by atoms with Crippen LogP contribution in [0.3, 0.4) is 0 Å². The summed E-state index contributed by atoms with van der Waals surface area (Å²) in [5.41, 5.74) is 0.282. The summed E-state index contributed by atoms with van der Waals surface area (Å²) >= 11 is 3.33. The van der Waals surface area contributed by atoms with Gasteiger partial charge in [-0.3, -0.25) is 9.59 Å². The van der Waals surface area contributed by atoms with Crippen molar-refractivity contribution in [2.24, 2.45) is 0 Å². The van der Waals surface area contributed by atoms with Crippen LogP contribution < -0.4 is 5.32 Å². The van der Waals surface area contributed by atoms with E-state index in [2.05, 4.69) is 21.2 Å². The third-order valence-electron chi connectivity index (χ3n) is 3.55. The number of ketones is 1. The number of carbonyl (C=O) groups is 2. The van der Waals surface area contributed by atoms with Gasteiger partial charge in [-0.1, -0.05) is 34.1 Å². The minimum Gasteiger partial charge on any atom is -0.350 e. The summed E-state index contributed by atoms with van der Waals surface area (Å²) in [5.74, 6) is -2.62. The van der Waals surface area contributed by atoms with Crippen molar-refractivity contribution in [3.63, 3.8) is 0 Å². The molecule has 2 aromatic carbocycles. The fourth-order valence-electron chi connectivity index (χ4n) is 2.43. The Morgan fingerprint density at radius 1 is 1.08 bits per heavy atom.